The van der Waals surface area contributed by atoms with Gasteiger partial charge in [0.15, 0.2) is 0 Å². The van der Waals surface area contributed by atoms with Gasteiger partial charge >= 0.3 is 0 Å². The van der Waals surface area contributed by atoms with Gasteiger partial charge in [-0.2, -0.15) is 0 Å². The van der Waals surface area contributed by atoms with E-state index in [9.17, 15) is 0 Å². The van der Waals surface area contributed by atoms with Crippen molar-refractivity contribution in [3.05, 3.63) is 42.0 Å². The van der Waals surface area contributed by atoms with Gasteiger partial charge in [0.25, 0.3) is 0 Å². The van der Waals surface area contributed by atoms with Gasteiger partial charge in [-0.05, 0) is 43.5 Å². The second-order valence-electron chi connectivity index (χ2n) is 8.03. The number of unbranched alkanes of at least 4 members (excludes halogenated alkanes) is 10. The summed E-state index contributed by atoms with van der Waals surface area (Å²) in [5.41, 5.74) is 2.75. The normalized spacial score (nSPS) is 11.2. The predicted octanol–water partition coefficient (Wildman–Crippen LogP) is 7.90. The monoisotopic (exact) mass is 371 g/mol. The van der Waals surface area contributed by atoms with Crippen molar-refractivity contribution in [1.29, 1.82) is 0 Å². The SMILES string of the molecule is C=Cc1ccccc1CCN(CCCCCCCC)CCCCCCCC. The first kappa shape index (κ1) is 24.0. The van der Waals surface area contributed by atoms with E-state index in [2.05, 4.69) is 49.6 Å². The zero-order valence-electron chi connectivity index (χ0n) is 18.4. The van der Waals surface area contributed by atoms with E-state index in [1.165, 1.54) is 108 Å². The Labute approximate surface area is 170 Å². The summed E-state index contributed by atoms with van der Waals surface area (Å²) in [6.07, 6.45) is 19.8. The van der Waals surface area contributed by atoms with Crippen LogP contribution in [0, 0.1) is 0 Å². The Kier molecular flexibility index (Phi) is 15.1. The molecule has 0 N–H and O–H groups in total. The molecule has 0 saturated heterocycles. The summed E-state index contributed by atoms with van der Waals surface area (Å²) < 4.78 is 0. The summed E-state index contributed by atoms with van der Waals surface area (Å²) >= 11 is 0. The number of hydrogen-bond acceptors (Lipinski definition) is 1. The fourth-order valence-corrected chi connectivity index (χ4v) is 3.81. The van der Waals surface area contributed by atoms with E-state index in [4.69, 9.17) is 0 Å². The molecule has 1 aromatic rings. The molecule has 1 heteroatoms. The van der Waals surface area contributed by atoms with Crippen molar-refractivity contribution in [3.63, 3.8) is 0 Å². The molecule has 154 valence electrons. The lowest BCUT2D eigenvalue weighted by molar-refractivity contribution is 0.263. The molecule has 0 aliphatic rings. The average molecular weight is 372 g/mol. The smallest absolute Gasteiger partial charge is 0.00220 e. The van der Waals surface area contributed by atoms with Crippen LogP contribution in [0.15, 0.2) is 30.8 Å². The van der Waals surface area contributed by atoms with E-state index in [0.717, 1.165) is 6.42 Å². The zero-order valence-corrected chi connectivity index (χ0v) is 18.4. The molecule has 0 aromatic heterocycles. The van der Waals surface area contributed by atoms with Crippen molar-refractivity contribution >= 4 is 6.08 Å². The maximum atomic E-state index is 3.98. The average Bonchev–Trinajstić information content (AvgIpc) is 2.70. The number of rotatable bonds is 18. The lowest BCUT2D eigenvalue weighted by Crippen LogP contribution is -2.28. The summed E-state index contributed by atoms with van der Waals surface area (Å²) in [6, 6.07) is 8.73. The Hall–Kier alpha value is -1.08. The van der Waals surface area contributed by atoms with Gasteiger partial charge < -0.3 is 4.90 Å². The lowest BCUT2D eigenvalue weighted by atomic mass is 10.0. The first-order chi connectivity index (χ1) is 13.3. The summed E-state index contributed by atoms with van der Waals surface area (Å²) in [5, 5.41) is 0. The second kappa shape index (κ2) is 17.0. The fraction of sp³-hybridized carbons (Fsp3) is 0.692. The molecule has 0 unspecified atom stereocenters. The minimum atomic E-state index is 1.15. The Morgan fingerprint density at radius 2 is 1.22 bits per heavy atom. The Balaban J connectivity index is 2.37. The molecule has 27 heavy (non-hydrogen) atoms. The van der Waals surface area contributed by atoms with Crippen LogP contribution in [0.3, 0.4) is 0 Å². The summed E-state index contributed by atoms with van der Waals surface area (Å²) in [5.74, 6) is 0. The van der Waals surface area contributed by atoms with E-state index >= 15 is 0 Å². The van der Waals surface area contributed by atoms with Gasteiger partial charge in [0.1, 0.15) is 0 Å². The quantitative estimate of drug-likeness (QED) is 0.237. The van der Waals surface area contributed by atoms with Crippen LogP contribution >= 0.6 is 0 Å². The minimum absolute atomic E-state index is 1.15. The number of hydrogen-bond donors (Lipinski definition) is 0. The van der Waals surface area contributed by atoms with E-state index in [-0.39, 0.29) is 0 Å². The van der Waals surface area contributed by atoms with Gasteiger partial charge in [-0.3, -0.25) is 0 Å². The van der Waals surface area contributed by atoms with Crippen molar-refractivity contribution in [2.45, 2.75) is 97.3 Å². The summed E-state index contributed by atoms with van der Waals surface area (Å²) in [4.78, 5) is 2.72. The molecule has 0 bridgehead atoms. The molecule has 0 spiro atoms. The highest BCUT2D eigenvalue weighted by Crippen LogP contribution is 2.13. The molecular weight excluding hydrogens is 326 g/mol. The van der Waals surface area contributed by atoms with Crippen LogP contribution in [0.5, 0.6) is 0 Å². The van der Waals surface area contributed by atoms with Crippen molar-refractivity contribution in [3.8, 4) is 0 Å². The largest absolute Gasteiger partial charge is 0.303 e. The highest BCUT2D eigenvalue weighted by Gasteiger charge is 2.07. The van der Waals surface area contributed by atoms with Gasteiger partial charge in [0.2, 0.25) is 0 Å². The van der Waals surface area contributed by atoms with Crippen molar-refractivity contribution in [2.24, 2.45) is 0 Å². The molecule has 0 aliphatic heterocycles. The molecule has 1 nitrogen and oxygen atoms in total. The van der Waals surface area contributed by atoms with Gasteiger partial charge in [-0.25, -0.2) is 0 Å². The van der Waals surface area contributed by atoms with Gasteiger partial charge in [-0.15, -0.1) is 0 Å². The van der Waals surface area contributed by atoms with E-state index < -0.39 is 0 Å². The highest BCUT2D eigenvalue weighted by molar-refractivity contribution is 5.51. The molecule has 0 heterocycles. The van der Waals surface area contributed by atoms with E-state index in [1.807, 2.05) is 6.08 Å². The predicted molar refractivity (Wildman–Crippen MR) is 123 cm³/mol. The Morgan fingerprint density at radius 3 is 1.78 bits per heavy atom. The molecule has 0 aliphatic carbocycles. The first-order valence-corrected chi connectivity index (χ1v) is 11.7. The molecule has 0 saturated carbocycles. The third-order valence-corrected chi connectivity index (χ3v) is 5.63. The van der Waals surface area contributed by atoms with Gasteiger partial charge in [0, 0.05) is 6.54 Å². The van der Waals surface area contributed by atoms with Crippen LogP contribution in [0.4, 0.5) is 0 Å². The van der Waals surface area contributed by atoms with Crippen LogP contribution in [0.2, 0.25) is 0 Å². The molecule has 1 rings (SSSR count). The maximum absolute atomic E-state index is 3.98. The molecular formula is C26H45N. The maximum Gasteiger partial charge on any atom is 0.00220 e. The zero-order chi connectivity index (χ0) is 19.6. The van der Waals surface area contributed by atoms with E-state index in [1.54, 1.807) is 0 Å². The third kappa shape index (κ3) is 12.1. The van der Waals surface area contributed by atoms with Gasteiger partial charge in [-0.1, -0.05) is 115 Å². The summed E-state index contributed by atoms with van der Waals surface area (Å²) in [7, 11) is 0. The van der Waals surface area contributed by atoms with Crippen LogP contribution < -0.4 is 0 Å². The van der Waals surface area contributed by atoms with Crippen LogP contribution in [-0.2, 0) is 6.42 Å². The molecule has 0 amide bonds. The van der Waals surface area contributed by atoms with Crippen molar-refractivity contribution in [1.82, 2.24) is 4.90 Å². The third-order valence-electron chi connectivity index (χ3n) is 5.63. The van der Waals surface area contributed by atoms with Crippen LogP contribution in [0.1, 0.15) is 102 Å². The fourth-order valence-electron chi connectivity index (χ4n) is 3.81. The van der Waals surface area contributed by atoms with E-state index in [0.29, 0.717) is 0 Å². The molecule has 0 atom stereocenters. The van der Waals surface area contributed by atoms with Crippen molar-refractivity contribution in [2.75, 3.05) is 19.6 Å². The van der Waals surface area contributed by atoms with Crippen LogP contribution in [0.25, 0.3) is 6.08 Å². The standard InChI is InChI=1S/C26H45N/c1-4-7-9-11-13-17-22-27(23-18-14-12-10-8-5-2)24-21-26-20-16-15-19-25(26)6-3/h6,15-16,19-20H,3-5,7-14,17-18,21-24H2,1-2H3. The van der Waals surface area contributed by atoms with Crippen LogP contribution in [-0.4, -0.2) is 24.5 Å². The Morgan fingerprint density at radius 1 is 0.704 bits per heavy atom. The van der Waals surface area contributed by atoms with Gasteiger partial charge in [0.05, 0.1) is 0 Å². The lowest BCUT2D eigenvalue weighted by Gasteiger charge is -2.23. The first-order valence-electron chi connectivity index (χ1n) is 11.7. The summed E-state index contributed by atoms with van der Waals surface area (Å²) in [6.45, 7) is 12.3. The molecule has 1 aromatic carbocycles. The molecule has 0 fully saturated rings. The minimum Gasteiger partial charge on any atom is -0.303 e. The highest BCUT2D eigenvalue weighted by atomic mass is 15.1. The number of nitrogens with zero attached hydrogens (tertiary/aromatic N) is 1. The number of benzene rings is 1. The molecule has 0 radical (unpaired) electrons. The second-order valence-corrected chi connectivity index (χ2v) is 8.03. The Bertz CT molecular complexity index is 449. The topological polar surface area (TPSA) is 3.24 Å². The van der Waals surface area contributed by atoms with Crippen molar-refractivity contribution < 1.29 is 0 Å².